The van der Waals surface area contributed by atoms with Crippen LogP contribution in [0, 0.1) is 0 Å². The molecule has 90 valence electrons. The van der Waals surface area contributed by atoms with Gasteiger partial charge in [-0.05, 0) is 25.7 Å². The Bertz CT molecular complexity index is 197. The average molecular weight is 226 g/mol. The molecule has 0 aromatic heterocycles. The minimum Gasteiger partial charge on any atom is -0.390 e. The van der Waals surface area contributed by atoms with Crippen molar-refractivity contribution in [2.75, 3.05) is 0 Å². The predicted octanol–water partition coefficient (Wildman–Crippen LogP) is 2.39. The first-order chi connectivity index (χ1) is 6.83. The fourth-order valence-corrected chi connectivity index (χ4v) is 2.08. The van der Waals surface area contributed by atoms with Gasteiger partial charge in [0.05, 0.1) is 11.7 Å². The first kappa shape index (κ1) is 12.8. The van der Waals surface area contributed by atoms with Crippen LogP contribution in [0.25, 0.3) is 0 Å². The Morgan fingerprint density at radius 2 is 1.73 bits per heavy atom. The van der Waals surface area contributed by atoms with E-state index in [-0.39, 0.29) is 12.8 Å². The molecule has 0 aromatic carbocycles. The van der Waals surface area contributed by atoms with Crippen molar-refractivity contribution in [2.45, 2.75) is 62.8 Å². The number of aliphatic hydroxyl groups is 2. The topological polar surface area (TPSA) is 40.5 Å². The molecule has 0 saturated heterocycles. The highest BCUT2D eigenvalue weighted by Crippen LogP contribution is 2.34. The largest absolute Gasteiger partial charge is 0.390 e. The Balaban J connectivity index is 2.26. The molecule has 1 saturated carbocycles. The van der Waals surface area contributed by atoms with E-state index >= 15 is 0 Å². The average Bonchev–Trinajstić information content (AvgIpc) is 2.51. The molecule has 0 aromatic rings. The van der Waals surface area contributed by atoms with Gasteiger partial charge in [-0.2, -0.15) is 13.2 Å². The molecule has 5 heteroatoms. The van der Waals surface area contributed by atoms with Gasteiger partial charge in [-0.15, -0.1) is 0 Å². The summed E-state index contributed by atoms with van der Waals surface area (Å²) in [6.07, 6.45) is -3.48. The summed E-state index contributed by atoms with van der Waals surface area (Å²) in [5.74, 6) is 0. The van der Waals surface area contributed by atoms with Gasteiger partial charge in [0.15, 0.2) is 0 Å². The summed E-state index contributed by atoms with van der Waals surface area (Å²) >= 11 is 0. The predicted molar refractivity (Wildman–Crippen MR) is 49.3 cm³/mol. The molecule has 1 unspecified atom stereocenters. The van der Waals surface area contributed by atoms with E-state index in [1.165, 1.54) is 0 Å². The third kappa shape index (κ3) is 3.99. The third-order valence-electron chi connectivity index (χ3n) is 3.03. The van der Waals surface area contributed by atoms with Crippen molar-refractivity contribution < 1.29 is 23.4 Å². The van der Waals surface area contributed by atoms with Crippen LogP contribution in [0.15, 0.2) is 0 Å². The van der Waals surface area contributed by atoms with Crippen LogP contribution in [-0.2, 0) is 0 Å². The van der Waals surface area contributed by atoms with E-state index in [9.17, 15) is 23.4 Å². The second kappa shape index (κ2) is 4.70. The summed E-state index contributed by atoms with van der Waals surface area (Å²) in [6.45, 7) is 0. The summed E-state index contributed by atoms with van der Waals surface area (Å²) in [4.78, 5) is 0. The van der Waals surface area contributed by atoms with Crippen LogP contribution in [0.1, 0.15) is 44.9 Å². The maximum absolute atomic E-state index is 11.8. The molecule has 1 aliphatic rings. The maximum Gasteiger partial charge on any atom is 0.389 e. The van der Waals surface area contributed by atoms with Crippen molar-refractivity contribution in [1.29, 1.82) is 0 Å². The highest BCUT2D eigenvalue weighted by molar-refractivity contribution is 4.90. The quantitative estimate of drug-likeness (QED) is 0.772. The van der Waals surface area contributed by atoms with Crippen LogP contribution in [0.2, 0.25) is 0 Å². The Labute approximate surface area is 87.1 Å². The molecule has 0 amide bonds. The van der Waals surface area contributed by atoms with Gasteiger partial charge in [0.1, 0.15) is 0 Å². The summed E-state index contributed by atoms with van der Waals surface area (Å²) in [5.41, 5.74) is -1.13. The molecule has 1 rings (SSSR count). The summed E-state index contributed by atoms with van der Waals surface area (Å²) in [5, 5.41) is 19.4. The molecular weight excluding hydrogens is 209 g/mol. The lowest BCUT2D eigenvalue weighted by atomic mass is 9.91. The van der Waals surface area contributed by atoms with Gasteiger partial charge in [-0.1, -0.05) is 12.8 Å². The van der Waals surface area contributed by atoms with Crippen molar-refractivity contribution in [3.8, 4) is 0 Å². The van der Waals surface area contributed by atoms with Gasteiger partial charge in [0, 0.05) is 6.42 Å². The van der Waals surface area contributed by atoms with E-state index in [0.29, 0.717) is 12.8 Å². The SMILES string of the molecule is OC(CCCC(F)(F)F)C1(O)CCCC1. The number of hydrogen-bond donors (Lipinski definition) is 2. The normalized spacial score (nSPS) is 23.0. The lowest BCUT2D eigenvalue weighted by Crippen LogP contribution is -2.39. The minimum atomic E-state index is -4.17. The molecule has 2 nitrogen and oxygen atoms in total. The van der Waals surface area contributed by atoms with Crippen molar-refractivity contribution in [3.05, 3.63) is 0 Å². The van der Waals surface area contributed by atoms with Crippen molar-refractivity contribution in [2.24, 2.45) is 0 Å². The summed E-state index contributed by atoms with van der Waals surface area (Å²) in [7, 11) is 0. The summed E-state index contributed by atoms with van der Waals surface area (Å²) in [6, 6.07) is 0. The Kier molecular flexibility index (Phi) is 4.00. The lowest BCUT2D eigenvalue weighted by Gasteiger charge is -2.28. The van der Waals surface area contributed by atoms with Gasteiger partial charge in [-0.25, -0.2) is 0 Å². The Morgan fingerprint density at radius 3 is 2.20 bits per heavy atom. The first-order valence-electron chi connectivity index (χ1n) is 5.31. The smallest absolute Gasteiger partial charge is 0.389 e. The number of aliphatic hydroxyl groups excluding tert-OH is 1. The maximum atomic E-state index is 11.8. The van der Waals surface area contributed by atoms with Crippen LogP contribution in [0.4, 0.5) is 13.2 Å². The van der Waals surface area contributed by atoms with Gasteiger partial charge >= 0.3 is 6.18 Å². The molecule has 0 bridgehead atoms. The van der Waals surface area contributed by atoms with Crippen molar-refractivity contribution in [3.63, 3.8) is 0 Å². The Hall–Kier alpha value is -0.290. The van der Waals surface area contributed by atoms with Crippen molar-refractivity contribution >= 4 is 0 Å². The van der Waals surface area contributed by atoms with Crippen LogP contribution in [0.3, 0.4) is 0 Å². The highest BCUT2D eigenvalue weighted by Gasteiger charge is 2.38. The van der Waals surface area contributed by atoms with Crippen LogP contribution in [0.5, 0.6) is 0 Å². The van der Waals surface area contributed by atoms with Gasteiger partial charge in [-0.3, -0.25) is 0 Å². The van der Waals surface area contributed by atoms with E-state index in [0.717, 1.165) is 12.8 Å². The van der Waals surface area contributed by atoms with Gasteiger partial charge in [0.25, 0.3) is 0 Å². The summed E-state index contributed by atoms with van der Waals surface area (Å²) < 4.78 is 35.5. The second-order valence-electron chi connectivity index (χ2n) is 4.33. The molecule has 1 atom stereocenters. The van der Waals surface area contributed by atoms with Crippen LogP contribution >= 0.6 is 0 Å². The monoisotopic (exact) mass is 226 g/mol. The van der Waals surface area contributed by atoms with E-state index in [2.05, 4.69) is 0 Å². The van der Waals surface area contributed by atoms with E-state index in [4.69, 9.17) is 0 Å². The van der Waals surface area contributed by atoms with Gasteiger partial charge in [0.2, 0.25) is 0 Å². The van der Waals surface area contributed by atoms with E-state index < -0.39 is 24.3 Å². The van der Waals surface area contributed by atoms with E-state index in [1.807, 2.05) is 0 Å². The minimum absolute atomic E-state index is 0.0238. The van der Waals surface area contributed by atoms with Crippen LogP contribution in [-0.4, -0.2) is 28.1 Å². The molecule has 0 spiro atoms. The zero-order valence-corrected chi connectivity index (χ0v) is 8.56. The molecule has 1 fully saturated rings. The van der Waals surface area contributed by atoms with Crippen molar-refractivity contribution in [1.82, 2.24) is 0 Å². The molecule has 0 heterocycles. The van der Waals surface area contributed by atoms with Crippen LogP contribution < -0.4 is 0 Å². The molecule has 0 radical (unpaired) electrons. The standard InChI is InChI=1S/C10H17F3O2/c11-10(12,13)7-3-4-8(14)9(15)5-1-2-6-9/h8,14-15H,1-7H2. The number of rotatable bonds is 4. The van der Waals surface area contributed by atoms with Gasteiger partial charge < -0.3 is 10.2 Å². The Morgan fingerprint density at radius 1 is 1.20 bits per heavy atom. The third-order valence-corrected chi connectivity index (χ3v) is 3.03. The van der Waals surface area contributed by atoms with E-state index in [1.54, 1.807) is 0 Å². The molecular formula is C10H17F3O2. The lowest BCUT2D eigenvalue weighted by molar-refractivity contribution is -0.139. The number of halogens is 3. The molecule has 1 aliphatic carbocycles. The fraction of sp³-hybridized carbons (Fsp3) is 1.00. The molecule has 15 heavy (non-hydrogen) atoms. The number of alkyl halides is 3. The zero-order chi connectivity index (χ0) is 11.5. The molecule has 2 N–H and O–H groups in total. The first-order valence-corrected chi connectivity index (χ1v) is 5.31. The highest BCUT2D eigenvalue weighted by atomic mass is 19.4. The number of hydrogen-bond acceptors (Lipinski definition) is 2. The zero-order valence-electron chi connectivity index (χ0n) is 8.56. The molecule has 0 aliphatic heterocycles. The fourth-order valence-electron chi connectivity index (χ4n) is 2.08. The second-order valence-corrected chi connectivity index (χ2v) is 4.33.